The van der Waals surface area contributed by atoms with Gasteiger partial charge in [0.05, 0.1) is 6.10 Å². The minimum atomic E-state index is -0.347. The lowest BCUT2D eigenvalue weighted by molar-refractivity contribution is -0.120. The lowest BCUT2D eigenvalue weighted by Crippen LogP contribution is -2.08. The van der Waals surface area contributed by atoms with Gasteiger partial charge in [0, 0.05) is 12.8 Å². The maximum absolute atomic E-state index is 10.7. The lowest BCUT2D eigenvalue weighted by Gasteiger charge is -2.01. The van der Waals surface area contributed by atoms with Crippen LogP contribution in [-0.2, 0) is 4.79 Å². The third-order valence-corrected chi connectivity index (χ3v) is 1.71. The molecular formula is C7H12O2. The zero-order valence-electron chi connectivity index (χ0n) is 5.47. The number of ketones is 1. The van der Waals surface area contributed by atoms with E-state index < -0.39 is 0 Å². The summed E-state index contributed by atoms with van der Waals surface area (Å²) in [6.07, 6.45) is 3.51. The summed E-state index contributed by atoms with van der Waals surface area (Å²) in [6, 6.07) is 0. The van der Waals surface area contributed by atoms with Crippen molar-refractivity contribution in [3.8, 4) is 0 Å². The molecule has 0 amide bonds. The highest BCUT2D eigenvalue weighted by Crippen LogP contribution is 2.13. The van der Waals surface area contributed by atoms with E-state index in [-0.39, 0.29) is 11.9 Å². The average Bonchev–Trinajstić information content (AvgIpc) is 1.93. The number of carbonyl (C=O) groups is 1. The molecule has 1 aliphatic carbocycles. The summed E-state index contributed by atoms with van der Waals surface area (Å²) >= 11 is 0. The topological polar surface area (TPSA) is 37.3 Å². The Balaban J connectivity index is 2.37. The smallest absolute Gasteiger partial charge is 0.135 e. The summed E-state index contributed by atoms with van der Waals surface area (Å²) in [5.74, 6) is 0.222. The number of Topliss-reactive ketones (excluding diaryl/α,β-unsaturated/α-hetero) is 1. The van der Waals surface area contributed by atoms with Crippen LogP contribution in [0.15, 0.2) is 0 Å². The van der Waals surface area contributed by atoms with E-state index in [0.29, 0.717) is 12.8 Å². The van der Waals surface area contributed by atoms with Crippen LogP contribution in [0.2, 0.25) is 0 Å². The van der Waals surface area contributed by atoms with E-state index in [1.165, 1.54) is 0 Å². The van der Waals surface area contributed by atoms with Gasteiger partial charge in [-0.15, -0.1) is 0 Å². The van der Waals surface area contributed by atoms with Crippen molar-refractivity contribution in [1.29, 1.82) is 0 Å². The number of carbonyl (C=O) groups excluding carboxylic acids is 1. The molecule has 2 nitrogen and oxygen atoms in total. The van der Waals surface area contributed by atoms with Crippen LogP contribution in [-0.4, -0.2) is 17.0 Å². The Kier molecular flexibility index (Phi) is 2.22. The molecule has 1 atom stereocenters. The van der Waals surface area contributed by atoms with Crippen LogP contribution in [0.3, 0.4) is 0 Å². The predicted octanol–water partition coefficient (Wildman–Crippen LogP) is 0.881. The van der Waals surface area contributed by atoms with Gasteiger partial charge in [-0.1, -0.05) is 6.42 Å². The van der Waals surface area contributed by atoms with Gasteiger partial charge in [-0.05, 0) is 12.8 Å². The highest BCUT2D eigenvalue weighted by Gasteiger charge is 2.13. The molecule has 0 aromatic rings. The Bertz CT molecular complexity index is 109. The molecule has 0 aromatic carbocycles. The maximum Gasteiger partial charge on any atom is 0.135 e. The molecule has 1 N–H and O–H groups in total. The number of aliphatic hydroxyl groups is 1. The number of hydrogen-bond acceptors (Lipinski definition) is 2. The van der Waals surface area contributed by atoms with Crippen LogP contribution in [0.5, 0.6) is 0 Å². The Morgan fingerprint density at radius 2 is 2.22 bits per heavy atom. The van der Waals surface area contributed by atoms with Gasteiger partial charge in [0.1, 0.15) is 5.78 Å². The first-order valence-electron chi connectivity index (χ1n) is 3.49. The third kappa shape index (κ3) is 2.14. The fourth-order valence-corrected chi connectivity index (χ4v) is 1.17. The summed E-state index contributed by atoms with van der Waals surface area (Å²) in [4.78, 5) is 10.7. The molecule has 0 aliphatic heterocycles. The zero-order valence-corrected chi connectivity index (χ0v) is 5.47. The standard InChI is InChI=1S/C7H12O2/c8-6-3-1-2-4-7(9)5-6/h6,8H,1-5H2/t6-/m1/s1. The first kappa shape index (κ1) is 6.75. The summed E-state index contributed by atoms with van der Waals surface area (Å²) in [5.41, 5.74) is 0. The van der Waals surface area contributed by atoms with Crippen molar-refractivity contribution >= 4 is 5.78 Å². The molecule has 9 heavy (non-hydrogen) atoms. The van der Waals surface area contributed by atoms with Gasteiger partial charge >= 0.3 is 0 Å². The SMILES string of the molecule is O=C1CCCC[C@@H](O)C1. The number of rotatable bonds is 0. The molecule has 0 heterocycles. The van der Waals surface area contributed by atoms with E-state index in [2.05, 4.69) is 0 Å². The molecule has 2 heteroatoms. The molecule has 1 fully saturated rings. The molecule has 52 valence electrons. The van der Waals surface area contributed by atoms with E-state index in [1.807, 2.05) is 0 Å². The maximum atomic E-state index is 10.7. The van der Waals surface area contributed by atoms with Crippen molar-refractivity contribution in [3.63, 3.8) is 0 Å². The van der Waals surface area contributed by atoms with Crippen LogP contribution in [0.25, 0.3) is 0 Å². The van der Waals surface area contributed by atoms with E-state index in [0.717, 1.165) is 19.3 Å². The molecular weight excluding hydrogens is 116 g/mol. The van der Waals surface area contributed by atoms with Gasteiger partial charge in [0.15, 0.2) is 0 Å². The molecule has 1 rings (SSSR count). The van der Waals surface area contributed by atoms with Crippen LogP contribution in [0, 0.1) is 0 Å². The summed E-state index contributed by atoms with van der Waals surface area (Å²) in [7, 11) is 0. The second-order valence-corrected chi connectivity index (χ2v) is 2.64. The largest absolute Gasteiger partial charge is 0.393 e. The third-order valence-electron chi connectivity index (χ3n) is 1.71. The van der Waals surface area contributed by atoms with Crippen molar-refractivity contribution in [2.24, 2.45) is 0 Å². The van der Waals surface area contributed by atoms with Gasteiger partial charge in [-0.25, -0.2) is 0 Å². The molecule has 1 saturated carbocycles. The average molecular weight is 128 g/mol. The monoisotopic (exact) mass is 128 g/mol. The fraction of sp³-hybridized carbons (Fsp3) is 0.857. The normalized spacial score (nSPS) is 29.9. The van der Waals surface area contributed by atoms with Gasteiger partial charge in [-0.3, -0.25) is 4.79 Å². The van der Waals surface area contributed by atoms with Gasteiger partial charge in [0.25, 0.3) is 0 Å². The molecule has 0 spiro atoms. The second-order valence-electron chi connectivity index (χ2n) is 2.64. The van der Waals surface area contributed by atoms with Crippen LogP contribution in [0.4, 0.5) is 0 Å². The fourth-order valence-electron chi connectivity index (χ4n) is 1.17. The second kappa shape index (κ2) is 2.97. The highest BCUT2D eigenvalue weighted by atomic mass is 16.3. The van der Waals surface area contributed by atoms with E-state index in [1.54, 1.807) is 0 Å². The molecule has 0 radical (unpaired) electrons. The molecule has 0 bridgehead atoms. The van der Waals surface area contributed by atoms with E-state index in [9.17, 15) is 4.79 Å². The van der Waals surface area contributed by atoms with Crippen molar-refractivity contribution < 1.29 is 9.90 Å². The van der Waals surface area contributed by atoms with Gasteiger partial charge < -0.3 is 5.11 Å². The Morgan fingerprint density at radius 3 is 3.00 bits per heavy atom. The van der Waals surface area contributed by atoms with E-state index in [4.69, 9.17) is 5.11 Å². The first-order chi connectivity index (χ1) is 4.29. The van der Waals surface area contributed by atoms with E-state index >= 15 is 0 Å². The van der Waals surface area contributed by atoms with Crippen LogP contribution in [0.1, 0.15) is 32.1 Å². The summed E-state index contributed by atoms with van der Waals surface area (Å²) in [6.45, 7) is 0. The van der Waals surface area contributed by atoms with Crippen LogP contribution < -0.4 is 0 Å². The minimum absolute atomic E-state index is 0.222. The van der Waals surface area contributed by atoms with Gasteiger partial charge in [-0.2, -0.15) is 0 Å². The summed E-state index contributed by atoms with van der Waals surface area (Å²) in [5, 5.41) is 9.04. The van der Waals surface area contributed by atoms with Crippen molar-refractivity contribution in [1.82, 2.24) is 0 Å². The molecule has 0 aromatic heterocycles. The van der Waals surface area contributed by atoms with Gasteiger partial charge in [0.2, 0.25) is 0 Å². The van der Waals surface area contributed by atoms with Crippen LogP contribution >= 0.6 is 0 Å². The number of hydrogen-bond donors (Lipinski definition) is 1. The Hall–Kier alpha value is -0.370. The molecule has 1 aliphatic rings. The van der Waals surface area contributed by atoms with Crippen molar-refractivity contribution in [2.45, 2.75) is 38.2 Å². The Labute approximate surface area is 54.9 Å². The first-order valence-corrected chi connectivity index (χ1v) is 3.49. The Morgan fingerprint density at radius 1 is 1.44 bits per heavy atom. The molecule has 0 unspecified atom stereocenters. The quantitative estimate of drug-likeness (QED) is 0.492. The van der Waals surface area contributed by atoms with Crippen molar-refractivity contribution in [3.05, 3.63) is 0 Å². The summed E-state index contributed by atoms with van der Waals surface area (Å²) < 4.78 is 0. The predicted molar refractivity (Wildman–Crippen MR) is 34.1 cm³/mol. The molecule has 0 saturated heterocycles. The van der Waals surface area contributed by atoms with Crippen molar-refractivity contribution in [2.75, 3.05) is 0 Å². The minimum Gasteiger partial charge on any atom is -0.393 e. The number of aliphatic hydroxyl groups excluding tert-OH is 1. The highest BCUT2D eigenvalue weighted by molar-refractivity contribution is 5.79. The lowest BCUT2D eigenvalue weighted by atomic mass is 10.1. The zero-order chi connectivity index (χ0) is 6.69.